The van der Waals surface area contributed by atoms with Crippen LogP contribution in [0.4, 0.5) is 0 Å². The molecule has 0 amide bonds. The largest absolute Gasteiger partial charge is 0.506 e. The zero-order chi connectivity index (χ0) is 8.97. The van der Waals surface area contributed by atoms with Gasteiger partial charge in [0.05, 0.1) is 6.20 Å². The van der Waals surface area contributed by atoms with Crippen LogP contribution in [-0.4, -0.2) is 19.7 Å². The molecular weight excluding hydrogens is 154 g/mol. The highest BCUT2D eigenvalue weighted by molar-refractivity contribution is 5.38. The second kappa shape index (κ2) is 3.71. The SMILES string of the molecule is CC.Oc1ccc2ncnn2c1. The van der Waals surface area contributed by atoms with Gasteiger partial charge in [-0.3, -0.25) is 0 Å². The molecular formula is C8H11N3O. The Morgan fingerprint density at radius 3 is 2.83 bits per heavy atom. The summed E-state index contributed by atoms with van der Waals surface area (Å²) < 4.78 is 1.51. The molecule has 2 aromatic rings. The first-order chi connectivity index (χ1) is 5.86. The van der Waals surface area contributed by atoms with Gasteiger partial charge in [0.1, 0.15) is 12.1 Å². The maximum Gasteiger partial charge on any atom is 0.155 e. The van der Waals surface area contributed by atoms with E-state index in [1.807, 2.05) is 13.8 Å². The normalized spacial score (nSPS) is 9.17. The Labute approximate surface area is 70.5 Å². The number of aromatic nitrogens is 3. The van der Waals surface area contributed by atoms with Crippen LogP contribution in [0, 0.1) is 0 Å². The monoisotopic (exact) mass is 165 g/mol. The summed E-state index contributed by atoms with van der Waals surface area (Å²) in [6.07, 6.45) is 2.94. The smallest absolute Gasteiger partial charge is 0.155 e. The summed E-state index contributed by atoms with van der Waals surface area (Å²) in [6.45, 7) is 4.00. The van der Waals surface area contributed by atoms with Gasteiger partial charge in [0.15, 0.2) is 5.65 Å². The van der Waals surface area contributed by atoms with Crippen molar-refractivity contribution in [1.29, 1.82) is 0 Å². The van der Waals surface area contributed by atoms with Gasteiger partial charge in [-0.2, -0.15) is 5.10 Å². The maximum atomic E-state index is 8.96. The first-order valence-corrected chi connectivity index (χ1v) is 3.84. The molecule has 2 rings (SSSR count). The van der Waals surface area contributed by atoms with Crippen LogP contribution in [0.5, 0.6) is 5.75 Å². The molecule has 0 bridgehead atoms. The molecule has 4 heteroatoms. The third-order valence-corrected chi connectivity index (χ3v) is 1.26. The number of pyridine rings is 1. The zero-order valence-electron chi connectivity index (χ0n) is 7.10. The summed E-state index contributed by atoms with van der Waals surface area (Å²) in [7, 11) is 0. The average molecular weight is 165 g/mol. The van der Waals surface area contributed by atoms with Crippen LogP contribution >= 0.6 is 0 Å². The van der Waals surface area contributed by atoms with Gasteiger partial charge < -0.3 is 5.11 Å². The Morgan fingerprint density at radius 1 is 1.33 bits per heavy atom. The highest BCUT2D eigenvalue weighted by Crippen LogP contribution is 2.07. The quantitative estimate of drug-likeness (QED) is 0.643. The lowest BCUT2D eigenvalue weighted by Crippen LogP contribution is -1.83. The Bertz CT molecular complexity index is 356. The fraction of sp³-hybridized carbons (Fsp3) is 0.250. The Morgan fingerprint density at radius 2 is 2.08 bits per heavy atom. The van der Waals surface area contributed by atoms with Crippen LogP contribution in [0.2, 0.25) is 0 Å². The molecule has 0 aliphatic carbocycles. The minimum Gasteiger partial charge on any atom is -0.506 e. The third kappa shape index (κ3) is 1.53. The summed E-state index contributed by atoms with van der Waals surface area (Å²) in [5, 5.41) is 12.8. The van der Waals surface area contributed by atoms with Crippen molar-refractivity contribution < 1.29 is 5.11 Å². The van der Waals surface area contributed by atoms with Crippen molar-refractivity contribution in [2.45, 2.75) is 13.8 Å². The van der Waals surface area contributed by atoms with Crippen LogP contribution in [0.1, 0.15) is 13.8 Å². The number of hydrogen-bond donors (Lipinski definition) is 1. The Hall–Kier alpha value is -1.58. The van der Waals surface area contributed by atoms with Gasteiger partial charge in [0, 0.05) is 0 Å². The van der Waals surface area contributed by atoms with Crippen molar-refractivity contribution in [3.8, 4) is 5.75 Å². The fourth-order valence-electron chi connectivity index (χ4n) is 0.806. The molecule has 64 valence electrons. The fourth-order valence-corrected chi connectivity index (χ4v) is 0.806. The number of fused-ring (bicyclic) bond motifs is 1. The standard InChI is InChI=1S/C6H5N3O.C2H6/c10-5-1-2-6-7-4-8-9(6)3-5;1-2/h1-4,10H;1-2H3. The van der Waals surface area contributed by atoms with Gasteiger partial charge in [-0.1, -0.05) is 13.8 Å². The lowest BCUT2D eigenvalue weighted by Gasteiger charge is -1.90. The van der Waals surface area contributed by atoms with E-state index in [1.54, 1.807) is 12.1 Å². The second-order valence-corrected chi connectivity index (χ2v) is 1.95. The van der Waals surface area contributed by atoms with Gasteiger partial charge in [0.2, 0.25) is 0 Å². The Kier molecular flexibility index (Phi) is 2.63. The first kappa shape index (κ1) is 8.52. The molecule has 0 aromatic carbocycles. The van der Waals surface area contributed by atoms with Crippen molar-refractivity contribution in [3.05, 3.63) is 24.7 Å². The van der Waals surface area contributed by atoms with E-state index in [0.717, 1.165) is 5.65 Å². The summed E-state index contributed by atoms with van der Waals surface area (Å²) >= 11 is 0. The van der Waals surface area contributed by atoms with Crippen LogP contribution in [0.15, 0.2) is 24.7 Å². The summed E-state index contributed by atoms with van der Waals surface area (Å²) in [6, 6.07) is 3.27. The first-order valence-electron chi connectivity index (χ1n) is 3.84. The summed E-state index contributed by atoms with van der Waals surface area (Å²) in [5.74, 6) is 0.193. The predicted molar refractivity (Wildman–Crippen MR) is 46.0 cm³/mol. The summed E-state index contributed by atoms with van der Waals surface area (Å²) in [4.78, 5) is 3.90. The minimum atomic E-state index is 0.193. The van der Waals surface area contributed by atoms with E-state index in [4.69, 9.17) is 5.11 Å². The topological polar surface area (TPSA) is 50.4 Å². The molecule has 0 radical (unpaired) electrons. The van der Waals surface area contributed by atoms with Crippen molar-refractivity contribution in [2.75, 3.05) is 0 Å². The van der Waals surface area contributed by atoms with E-state index in [2.05, 4.69) is 10.1 Å². The van der Waals surface area contributed by atoms with Crippen molar-refractivity contribution >= 4 is 5.65 Å². The van der Waals surface area contributed by atoms with Crippen LogP contribution in [0.25, 0.3) is 5.65 Å². The highest BCUT2D eigenvalue weighted by atomic mass is 16.3. The van der Waals surface area contributed by atoms with Crippen molar-refractivity contribution in [3.63, 3.8) is 0 Å². The van der Waals surface area contributed by atoms with Gasteiger partial charge >= 0.3 is 0 Å². The number of nitrogens with zero attached hydrogens (tertiary/aromatic N) is 3. The zero-order valence-corrected chi connectivity index (χ0v) is 7.10. The molecule has 0 atom stereocenters. The molecule has 0 aliphatic rings. The van der Waals surface area contributed by atoms with Crippen molar-refractivity contribution in [1.82, 2.24) is 14.6 Å². The second-order valence-electron chi connectivity index (χ2n) is 1.95. The Balaban J connectivity index is 0.000000336. The molecule has 0 aliphatic heterocycles. The maximum absolute atomic E-state index is 8.96. The van der Waals surface area contributed by atoms with Crippen LogP contribution in [0.3, 0.4) is 0 Å². The number of aromatic hydroxyl groups is 1. The molecule has 2 aromatic heterocycles. The van der Waals surface area contributed by atoms with Crippen molar-refractivity contribution in [2.24, 2.45) is 0 Å². The molecule has 0 unspecified atom stereocenters. The predicted octanol–water partition coefficient (Wildman–Crippen LogP) is 1.46. The van der Waals surface area contributed by atoms with E-state index >= 15 is 0 Å². The van der Waals surface area contributed by atoms with Crippen LogP contribution < -0.4 is 0 Å². The number of hydrogen-bond acceptors (Lipinski definition) is 3. The van der Waals surface area contributed by atoms with Gasteiger partial charge in [-0.05, 0) is 12.1 Å². The van der Waals surface area contributed by atoms with E-state index in [1.165, 1.54) is 17.0 Å². The van der Waals surface area contributed by atoms with E-state index in [9.17, 15) is 0 Å². The average Bonchev–Trinajstić information content (AvgIpc) is 2.54. The molecule has 0 fully saturated rings. The molecule has 1 N–H and O–H groups in total. The molecule has 0 saturated heterocycles. The van der Waals surface area contributed by atoms with E-state index in [0.29, 0.717) is 0 Å². The van der Waals surface area contributed by atoms with Gasteiger partial charge in [-0.15, -0.1) is 0 Å². The molecule has 2 heterocycles. The van der Waals surface area contributed by atoms with E-state index < -0.39 is 0 Å². The number of rotatable bonds is 0. The summed E-state index contributed by atoms with van der Waals surface area (Å²) in [5.41, 5.74) is 0.734. The lowest BCUT2D eigenvalue weighted by atomic mass is 10.4. The molecule has 0 saturated carbocycles. The highest BCUT2D eigenvalue weighted by Gasteiger charge is 1.93. The lowest BCUT2D eigenvalue weighted by molar-refractivity contribution is 0.470. The third-order valence-electron chi connectivity index (χ3n) is 1.26. The van der Waals surface area contributed by atoms with Gasteiger partial charge in [-0.25, -0.2) is 9.50 Å². The van der Waals surface area contributed by atoms with Crippen LogP contribution in [-0.2, 0) is 0 Å². The molecule has 4 nitrogen and oxygen atoms in total. The molecule has 12 heavy (non-hydrogen) atoms. The van der Waals surface area contributed by atoms with Gasteiger partial charge in [0.25, 0.3) is 0 Å². The van der Waals surface area contributed by atoms with E-state index in [-0.39, 0.29) is 5.75 Å². The molecule has 0 spiro atoms. The minimum absolute atomic E-state index is 0.193.